The molecule has 4 saturated carbocycles. The predicted molar refractivity (Wildman–Crippen MR) is 84.8 cm³/mol. The topological polar surface area (TPSA) is 26.3 Å². The number of rotatable bonds is 2. The zero-order valence-corrected chi connectivity index (χ0v) is 14.2. The van der Waals surface area contributed by atoms with Crippen LogP contribution >= 0.6 is 0 Å². The molecule has 0 aliphatic heterocycles. The van der Waals surface area contributed by atoms with Crippen LogP contribution in [-0.2, 0) is 9.53 Å². The van der Waals surface area contributed by atoms with E-state index in [0.717, 1.165) is 29.2 Å². The van der Waals surface area contributed by atoms with E-state index in [1.165, 1.54) is 37.7 Å². The van der Waals surface area contributed by atoms with Crippen LogP contribution in [0.1, 0.15) is 66.7 Å². The average Bonchev–Trinajstić information content (AvgIpc) is 2.34. The summed E-state index contributed by atoms with van der Waals surface area (Å²) in [5, 5.41) is 0. The van der Waals surface area contributed by atoms with Crippen molar-refractivity contribution in [2.75, 3.05) is 0 Å². The molecule has 0 saturated heterocycles. The zero-order valence-electron chi connectivity index (χ0n) is 14.2. The Labute approximate surface area is 129 Å². The summed E-state index contributed by atoms with van der Waals surface area (Å²) in [6.07, 6.45) is 7.08. The highest BCUT2D eigenvalue weighted by Crippen LogP contribution is 2.58. The van der Waals surface area contributed by atoms with Crippen molar-refractivity contribution in [3.8, 4) is 0 Å². The first-order valence-corrected chi connectivity index (χ1v) is 8.65. The molecule has 0 amide bonds. The van der Waals surface area contributed by atoms with E-state index in [4.69, 9.17) is 4.74 Å². The molecule has 118 valence electrons. The summed E-state index contributed by atoms with van der Waals surface area (Å²) >= 11 is 0. The van der Waals surface area contributed by atoms with Crippen molar-refractivity contribution in [3.05, 3.63) is 11.1 Å². The Morgan fingerprint density at radius 3 is 1.81 bits per heavy atom. The Hall–Kier alpha value is -0.790. The van der Waals surface area contributed by atoms with Gasteiger partial charge in [0, 0.05) is 5.57 Å². The molecule has 4 aliphatic carbocycles. The maximum atomic E-state index is 12.4. The van der Waals surface area contributed by atoms with Crippen LogP contribution in [-0.4, -0.2) is 11.6 Å². The van der Waals surface area contributed by atoms with Gasteiger partial charge in [0.25, 0.3) is 0 Å². The standard InChI is InChI=1S/C19H30O2/c1-11(12(2)18(20)21-19(3,4)5)17-15-7-13-6-14(9-15)10-16(17)8-13/h13-17H,6-10H2,1-5H3. The number of esters is 1. The summed E-state index contributed by atoms with van der Waals surface area (Å²) in [5.41, 5.74) is 1.78. The fraction of sp³-hybridized carbons (Fsp3) is 0.842. The van der Waals surface area contributed by atoms with E-state index >= 15 is 0 Å². The van der Waals surface area contributed by atoms with Crippen LogP contribution in [0.2, 0.25) is 0 Å². The van der Waals surface area contributed by atoms with Crippen LogP contribution in [0.5, 0.6) is 0 Å². The molecular weight excluding hydrogens is 260 g/mol. The number of carbonyl (C=O) groups excluding carboxylic acids is 1. The summed E-state index contributed by atoms with van der Waals surface area (Å²) in [4.78, 5) is 12.4. The second kappa shape index (κ2) is 5.14. The maximum absolute atomic E-state index is 12.4. The van der Waals surface area contributed by atoms with E-state index in [9.17, 15) is 4.79 Å². The average molecular weight is 290 g/mol. The first-order valence-electron chi connectivity index (χ1n) is 8.65. The fourth-order valence-electron chi connectivity index (χ4n) is 5.40. The molecule has 0 N–H and O–H groups in total. The van der Waals surface area contributed by atoms with Gasteiger partial charge < -0.3 is 4.74 Å². The summed E-state index contributed by atoms with van der Waals surface area (Å²) in [5.74, 6) is 4.16. The third-order valence-electron chi connectivity index (χ3n) is 6.02. The van der Waals surface area contributed by atoms with Crippen LogP contribution in [0.3, 0.4) is 0 Å². The van der Waals surface area contributed by atoms with Gasteiger partial charge in [-0.15, -0.1) is 0 Å². The second-order valence-corrected chi connectivity index (χ2v) is 8.77. The largest absolute Gasteiger partial charge is 0.457 e. The van der Waals surface area contributed by atoms with Crippen molar-refractivity contribution in [2.45, 2.75) is 72.3 Å². The Kier molecular flexibility index (Phi) is 3.70. The van der Waals surface area contributed by atoms with Gasteiger partial charge in [0.1, 0.15) is 5.60 Å². The minimum atomic E-state index is -0.400. The maximum Gasteiger partial charge on any atom is 0.334 e. The molecular formula is C19H30O2. The molecule has 4 bridgehead atoms. The summed E-state index contributed by atoms with van der Waals surface area (Å²) in [6.45, 7) is 9.98. The third-order valence-corrected chi connectivity index (χ3v) is 6.02. The Morgan fingerprint density at radius 2 is 1.38 bits per heavy atom. The van der Waals surface area contributed by atoms with Crippen LogP contribution in [0.25, 0.3) is 0 Å². The van der Waals surface area contributed by atoms with E-state index in [1.54, 1.807) is 0 Å². The summed E-state index contributed by atoms with van der Waals surface area (Å²) < 4.78 is 5.57. The minimum absolute atomic E-state index is 0.117. The van der Waals surface area contributed by atoms with Gasteiger partial charge in [-0.2, -0.15) is 0 Å². The normalized spacial score (nSPS) is 39.2. The lowest BCUT2D eigenvalue weighted by Crippen LogP contribution is -2.45. The smallest absolute Gasteiger partial charge is 0.334 e. The number of ether oxygens (including phenoxy) is 1. The lowest BCUT2D eigenvalue weighted by atomic mass is 9.50. The molecule has 4 aliphatic rings. The molecule has 2 nitrogen and oxygen atoms in total. The van der Waals surface area contributed by atoms with Crippen LogP contribution in [0.15, 0.2) is 11.1 Å². The molecule has 0 unspecified atom stereocenters. The molecule has 0 radical (unpaired) electrons. The van der Waals surface area contributed by atoms with Gasteiger partial charge in [0.2, 0.25) is 0 Å². The molecule has 0 atom stereocenters. The molecule has 0 spiro atoms. The molecule has 4 fully saturated rings. The number of hydrogen-bond acceptors (Lipinski definition) is 2. The third kappa shape index (κ3) is 2.91. The highest BCUT2D eigenvalue weighted by molar-refractivity contribution is 5.89. The number of carbonyl (C=O) groups is 1. The van der Waals surface area contributed by atoms with Crippen LogP contribution < -0.4 is 0 Å². The van der Waals surface area contributed by atoms with Gasteiger partial charge in [-0.25, -0.2) is 4.79 Å². The molecule has 4 rings (SSSR count). The van der Waals surface area contributed by atoms with Crippen molar-refractivity contribution >= 4 is 5.97 Å². The molecule has 0 aromatic heterocycles. The molecule has 0 heterocycles. The van der Waals surface area contributed by atoms with E-state index in [0.29, 0.717) is 5.92 Å². The van der Waals surface area contributed by atoms with E-state index in [1.807, 2.05) is 27.7 Å². The molecule has 0 aromatic rings. The first-order chi connectivity index (χ1) is 9.74. The first kappa shape index (κ1) is 15.1. The Morgan fingerprint density at radius 1 is 0.905 bits per heavy atom. The lowest BCUT2D eigenvalue weighted by Gasteiger charge is -2.55. The van der Waals surface area contributed by atoms with Gasteiger partial charge in [0.05, 0.1) is 0 Å². The molecule has 2 heteroatoms. The number of allylic oxidation sites excluding steroid dienone is 1. The Bertz CT molecular complexity index is 438. The van der Waals surface area contributed by atoms with Gasteiger partial charge in [-0.05, 0) is 96.3 Å². The highest BCUT2D eigenvalue weighted by atomic mass is 16.6. The van der Waals surface area contributed by atoms with E-state index in [-0.39, 0.29) is 5.97 Å². The second-order valence-electron chi connectivity index (χ2n) is 8.77. The zero-order chi connectivity index (χ0) is 15.4. The van der Waals surface area contributed by atoms with Gasteiger partial charge in [-0.1, -0.05) is 5.57 Å². The van der Waals surface area contributed by atoms with Gasteiger partial charge >= 0.3 is 5.97 Å². The Balaban J connectivity index is 1.79. The van der Waals surface area contributed by atoms with Crippen molar-refractivity contribution in [2.24, 2.45) is 29.6 Å². The summed E-state index contributed by atoms with van der Waals surface area (Å²) in [6, 6.07) is 0. The molecule has 0 aromatic carbocycles. The van der Waals surface area contributed by atoms with Crippen molar-refractivity contribution < 1.29 is 9.53 Å². The van der Waals surface area contributed by atoms with Crippen LogP contribution in [0.4, 0.5) is 0 Å². The molecule has 21 heavy (non-hydrogen) atoms. The fourth-order valence-corrected chi connectivity index (χ4v) is 5.40. The van der Waals surface area contributed by atoms with Crippen LogP contribution in [0, 0.1) is 29.6 Å². The summed E-state index contributed by atoms with van der Waals surface area (Å²) in [7, 11) is 0. The van der Waals surface area contributed by atoms with Crippen molar-refractivity contribution in [1.29, 1.82) is 0 Å². The quantitative estimate of drug-likeness (QED) is 0.542. The van der Waals surface area contributed by atoms with Crippen molar-refractivity contribution in [3.63, 3.8) is 0 Å². The monoisotopic (exact) mass is 290 g/mol. The highest BCUT2D eigenvalue weighted by Gasteiger charge is 2.48. The van der Waals surface area contributed by atoms with E-state index in [2.05, 4.69) is 6.92 Å². The van der Waals surface area contributed by atoms with Gasteiger partial charge in [-0.3, -0.25) is 0 Å². The van der Waals surface area contributed by atoms with Crippen molar-refractivity contribution in [1.82, 2.24) is 0 Å². The number of hydrogen-bond donors (Lipinski definition) is 0. The SMILES string of the molecule is CC(C(=O)OC(C)(C)C)=C(C)C1C2CC3CC(C2)CC1C3. The van der Waals surface area contributed by atoms with Gasteiger partial charge in [0.15, 0.2) is 0 Å². The van der Waals surface area contributed by atoms with E-state index < -0.39 is 5.60 Å². The lowest BCUT2D eigenvalue weighted by molar-refractivity contribution is -0.150. The minimum Gasteiger partial charge on any atom is -0.457 e. The predicted octanol–water partition coefficient (Wildman–Crippen LogP) is 4.74.